The number of nitro groups is 1. The first-order valence-electron chi connectivity index (χ1n) is 5.77. The molecule has 0 aliphatic rings. The number of hydrogen-bond acceptors (Lipinski definition) is 5. The van der Waals surface area contributed by atoms with E-state index in [0.717, 1.165) is 31.0 Å². The van der Waals surface area contributed by atoms with Crippen LogP contribution in [0.3, 0.4) is 0 Å². The third-order valence-electron chi connectivity index (χ3n) is 2.23. The average molecular weight is 271 g/mol. The summed E-state index contributed by atoms with van der Waals surface area (Å²) in [6.07, 6.45) is 1.64. The van der Waals surface area contributed by atoms with E-state index in [1.165, 1.54) is 0 Å². The zero-order valence-corrected chi connectivity index (χ0v) is 10.4. The summed E-state index contributed by atoms with van der Waals surface area (Å²) in [6.45, 7) is 1.82. The maximum Gasteiger partial charge on any atom is 0.344 e. The molecule has 0 bridgehead atoms. The fraction of sp³-hybridized carbons (Fsp3) is 0.417. The van der Waals surface area contributed by atoms with Crippen molar-refractivity contribution in [1.29, 1.82) is 0 Å². The molecule has 0 unspecified atom stereocenters. The number of carbonyl (C=O) groups excluding carboxylic acids is 1. The summed E-state index contributed by atoms with van der Waals surface area (Å²) in [4.78, 5) is 20.9. The molecule has 1 aromatic rings. The Hall–Kier alpha value is -2.18. The van der Waals surface area contributed by atoms with Gasteiger partial charge in [-0.15, -0.1) is 0 Å². The number of halogens is 1. The first kappa shape index (κ1) is 14.9. The zero-order valence-electron chi connectivity index (χ0n) is 10.4. The Balaban J connectivity index is 2.49. The molecule has 0 atom stereocenters. The van der Waals surface area contributed by atoms with Crippen molar-refractivity contribution in [2.75, 3.05) is 13.2 Å². The van der Waals surface area contributed by atoms with E-state index in [2.05, 4.69) is 0 Å². The van der Waals surface area contributed by atoms with Crippen LogP contribution in [0.2, 0.25) is 0 Å². The molecule has 0 spiro atoms. The minimum atomic E-state index is -0.893. The number of unbranched alkanes of at least 4 members (excludes halogenated alkanes) is 1. The van der Waals surface area contributed by atoms with E-state index in [9.17, 15) is 19.3 Å². The quantitative estimate of drug-likeness (QED) is 0.329. The van der Waals surface area contributed by atoms with Crippen molar-refractivity contribution in [2.45, 2.75) is 19.8 Å². The fourth-order valence-electron chi connectivity index (χ4n) is 1.23. The van der Waals surface area contributed by atoms with Crippen molar-refractivity contribution in [1.82, 2.24) is 0 Å². The maximum atomic E-state index is 13.4. The smallest absolute Gasteiger partial charge is 0.344 e. The molecule has 104 valence electrons. The van der Waals surface area contributed by atoms with Gasteiger partial charge < -0.3 is 9.47 Å². The molecule has 0 saturated heterocycles. The Labute approximate surface area is 109 Å². The molecule has 0 heterocycles. The molecule has 0 radical (unpaired) electrons. The highest BCUT2D eigenvalue weighted by atomic mass is 19.1. The highest BCUT2D eigenvalue weighted by Crippen LogP contribution is 2.22. The summed E-state index contributed by atoms with van der Waals surface area (Å²) in [6, 6.07) is 2.94. The number of benzene rings is 1. The van der Waals surface area contributed by atoms with Gasteiger partial charge in [0.1, 0.15) is 0 Å². The maximum absolute atomic E-state index is 13.4. The van der Waals surface area contributed by atoms with Gasteiger partial charge in [-0.2, -0.15) is 0 Å². The molecule has 6 nitrogen and oxygen atoms in total. The lowest BCUT2D eigenvalue weighted by Gasteiger charge is -2.07. The largest absolute Gasteiger partial charge is 0.479 e. The van der Waals surface area contributed by atoms with Gasteiger partial charge in [-0.25, -0.2) is 9.18 Å². The van der Waals surface area contributed by atoms with Crippen molar-refractivity contribution in [3.05, 3.63) is 34.1 Å². The number of esters is 1. The summed E-state index contributed by atoms with van der Waals surface area (Å²) < 4.78 is 23.1. The van der Waals surface area contributed by atoms with Gasteiger partial charge in [-0.1, -0.05) is 13.3 Å². The summed E-state index contributed by atoms with van der Waals surface area (Å²) in [5.74, 6) is -1.72. The van der Waals surface area contributed by atoms with Gasteiger partial charge >= 0.3 is 5.97 Å². The molecule has 0 N–H and O–H groups in total. The Bertz CT molecular complexity index is 463. The summed E-state index contributed by atoms with van der Waals surface area (Å²) >= 11 is 0. The first-order chi connectivity index (χ1) is 9.04. The van der Waals surface area contributed by atoms with E-state index >= 15 is 0 Å². The Morgan fingerprint density at radius 3 is 2.79 bits per heavy atom. The fourth-order valence-corrected chi connectivity index (χ4v) is 1.23. The van der Waals surface area contributed by atoms with Crippen LogP contribution in [0.5, 0.6) is 5.75 Å². The molecule has 19 heavy (non-hydrogen) atoms. The second-order valence-corrected chi connectivity index (χ2v) is 3.73. The lowest BCUT2D eigenvalue weighted by Crippen LogP contribution is -2.15. The second-order valence-electron chi connectivity index (χ2n) is 3.73. The van der Waals surface area contributed by atoms with Crippen LogP contribution in [0.15, 0.2) is 18.2 Å². The third-order valence-corrected chi connectivity index (χ3v) is 2.23. The predicted octanol–water partition coefficient (Wildman–Crippen LogP) is 2.46. The number of non-ortho nitro benzene ring substituents is 1. The number of nitrogens with zero attached hydrogens (tertiary/aromatic N) is 1. The van der Waals surface area contributed by atoms with Gasteiger partial charge in [0, 0.05) is 6.07 Å². The van der Waals surface area contributed by atoms with Gasteiger partial charge in [0.25, 0.3) is 5.69 Å². The number of hydrogen-bond donors (Lipinski definition) is 0. The Morgan fingerprint density at radius 1 is 1.47 bits per heavy atom. The van der Waals surface area contributed by atoms with E-state index < -0.39 is 23.3 Å². The van der Waals surface area contributed by atoms with Crippen LogP contribution in [0.1, 0.15) is 19.8 Å². The standard InChI is InChI=1S/C12H14FNO5/c1-2-3-6-18-12(15)8-19-11-5-4-9(14(16)17)7-10(11)13/h4-5,7H,2-3,6,8H2,1H3. The van der Waals surface area contributed by atoms with E-state index in [0.29, 0.717) is 6.61 Å². The topological polar surface area (TPSA) is 78.7 Å². The van der Waals surface area contributed by atoms with Gasteiger partial charge in [0.05, 0.1) is 17.6 Å². The van der Waals surface area contributed by atoms with E-state index in [1.54, 1.807) is 0 Å². The monoisotopic (exact) mass is 271 g/mol. The van der Waals surface area contributed by atoms with Crippen molar-refractivity contribution >= 4 is 11.7 Å². The van der Waals surface area contributed by atoms with Gasteiger partial charge in [-0.3, -0.25) is 10.1 Å². The molecule has 0 aliphatic carbocycles. The number of rotatable bonds is 7. The molecule has 1 aromatic carbocycles. The molecule has 0 fully saturated rings. The normalized spacial score (nSPS) is 10.0. The lowest BCUT2D eigenvalue weighted by molar-refractivity contribution is -0.385. The SMILES string of the molecule is CCCCOC(=O)COc1ccc([N+](=O)[O-])cc1F. The van der Waals surface area contributed by atoms with Crippen LogP contribution in [0, 0.1) is 15.9 Å². The van der Waals surface area contributed by atoms with Crippen molar-refractivity contribution in [3.63, 3.8) is 0 Å². The second kappa shape index (κ2) is 7.30. The van der Waals surface area contributed by atoms with Crippen LogP contribution in [0.4, 0.5) is 10.1 Å². The predicted molar refractivity (Wildman–Crippen MR) is 64.4 cm³/mol. The summed E-state index contributed by atoms with van der Waals surface area (Å²) in [5.41, 5.74) is -0.379. The van der Waals surface area contributed by atoms with Crippen LogP contribution in [-0.4, -0.2) is 24.1 Å². The number of carbonyl (C=O) groups is 1. The summed E-state index contributed by atoms with van der Waals surface area (Å²) in [7, 11) is 0. The van der Waals surface area contributed by atoms with Crippen molar-refractivity contribution in [3.8, 4) is 5.75 Å². The zero-order chi connectivity index (χ0) is 14.3. The van der Waals surface area contributed by atoms with Gasteiger partial charge in [0.2, 0.25) is 0 Å². The van der Waals surface area contributed by atoms with E-state index in [4.69, 9.17) is 9.47 Å². The van der Waals surface area contributed by atoms with Gasteiger partial charge in [0.15, 0.2) is 18.2 Å². The van der Waals surface area contributed by atoms with E-state index in [1.807, 2.05) is 6.92 Å². The molecule has 1 rings (SSSR count). The minimum absolute atomic E-state index is 0.224. The molecule has 7 heteroatoms. The number of ether oxygens (including phenoxy) is 2. The lowest BCUT2D eigenvalue weighted by atomic mass is 10.3. The Morgan fingerprint density at radius 2 is 2.21 bits per heavy atom. The molecule has 0 aliphatic heterocycles. The molecule has 0 aromatic heterocycles. The molecule has 0 amide bonds. The van der Waals surface area contributed by atoms with Crippen LogP contribution < -0.4 is 4.74 Å². The molecular formula is C12H14FNO5. The Kier molecular flexibility index (Phi) is 5.72. The average Bonchev–Trinajstić information content (AvgIpc) is 2.37. The highest BCUT2D eigenvalue weighted by molar-refractivity contribution is 5.71. The van der Waals surface area contributed by atoms with Crippen LogP contribution in [-0.2, 0) is 9.53 Å². The minimum Gasteiger partial charge on any atom is -0.479 e. The highest BCUT2D eigenvalue weighted by Gasteiger charge is 2.13. The molecule has 0 saturated carbocycles. The molecular weight excluding hydrogens is 257 g/mol. The number of nitro benzene ring substituents is 1. The summed E-state index contributed by atoms with van der Waals surface area (Å²) in [5, 5.41) is 10.4. The van der Waals surface area contributed by atoms with Crippen LogP contribution >= 0.6 is 0 Å². The van der Waals surface area contributed by atoms with Crippen molar-refractivity contribution in [2.24, 2.45) is 0 Å². The van der Waals surface area contributed by atoms with Gasteiger partial charge in [-0.05, 0) is 12.5 Å². The third kappa shape index (κ3) is 4.90. The van der Waals surface area contributed by atoms with Crippen molar-refractivity contribution < 1.29 is 23.6 Å². The first-order valence-corrected chi connectivity index (χ1v) is 5.77. The van der Waals surface area contributed by atoms with Crippen LogP contribution in [0.25, 0.3) is 0 Å². The van der Waals surface area contributed by atoms with E-state index in [-0.39, 0.29) is 11.4 Å².